The topological polar surface area (TPSA) is 128 Å². The Hall–Kier alpha value is -3.10. The maximum absolute atomic E-state index is 13.0. The SMILES string of the molecule is CCC(=O)N[C@H](C(=O)N[C@@H](CCC(=O)C=N)C(=O)NCc1ccc(F)cc1)C(C)(C)C. The zero-order valence-corrected chi connectivity index (χ0v) is 18.4. The van der Waals surface area contributed by atoms with Crippen LogP contribution in [-0.4, -0.2) is 41.8 Å². The molecule has 0 heterocycles. The van der Waals surface area contributed by atoms with E-state index in [-0.39, 0.29) is 31.7 Å². The van der Waals surface area contributed by atoms with Crippen LogP contribution in [0.4, 0.5) is 4.39 Å². The summed E-state index contributed by atoms with van der Waals surface area (Å²) in [6.07, 6.45) is 0.762. The first-order chi connectivity index (χ1) is 14.5. The van der Waals surface area contributed by atoms with Gasteiger partial charge in [0.05, 0.1) is 6.21 Å². The number of ketones is 1. The van der Waals surface area contributed by atoms with E-state index in [1.807, 2.05) is 0 Å². The zero-order chi connectivity index (χ0) is 23.6. The van der Waals surface area contributed by atoms with E-state index in [0.717, 1.165) is 0 Å². The molecule has 0 aliphatic heterocycles. The number of halogens is 1. The molecule has 0 radical (unpaired) electrons. The molecule has 0 aliphatic carbocycles. The summed E-state index contributed by atoms with van der Waals surface area (Å²) in [5.41, 5.74) is 0.0487. The average Bonchev–Trinajstić information content (AvgIpc) is 2.72. The number of hydrogen-bond acceptors (Lipinski definition) is 5. The average molecular weight is 435 g/mol. The van der Waals surface area contributed by atoms with E-state index in [2.05, 4.69) is 16.0 Å². The van der Waals surface area contributed by atoms with E-state index >= 15 is 0 Å². The Morgan fingerprint density at radius 3 is 2.19 bits per heavy atom. The Balaban J connectivity index is 2.93. The first-order valence-corrected chi connectivity index (χ1v) is 10.1. The van der Waals surface area contributed by atoms with E-state index in [0.29, 0.717) is 11.8 Å². The number of Topliss-reactive ketones (excluding diaryl/α,β-unsaturated/α-hetero) is 1. The van der Waals surface area contributed by atoms with Crippen LogP contribution >= 0.6 is 0 Å². The third kappa shape index (κ3) is 9.06. The summed E-state index contributed by atoms with van der Waals surface area (Å²) in [5, 5.41) is 15.0. The maximum Gasteiger partial charge on any atom is 0.243 e. The quantitative estimate of drug-likeness (QED) is 0.396. The molecule has 9 heteroatoms. The molecule has 1 aromatic rings. The highest BCUT2D eigenvalue weighted by atomic mass is 19.1. The number of hydrogen-bond donors (Lipinski definition) is 4. The summed E-state index contributed by atoms with van der Waals surface area (Å²) in [6.45, 7) is 7.14. The highest BCUT2D eigenvalue weighted by Gasteiger charge is 2.34. The van der Waals surface area contributed by atoms with Crippen LogP contribution in [0.3, 0.4) is 0 Å². The van der Waals surface area contributed by atoms with Gasteiger partial charge in [0.25, 0.3) is 0 Å². The van der Waals surface area contributed by atoms with Crippen LogP contribution in [0, 0.1) is 16.6 Å². The van der Waals surface area contributed by atoms with Crippen LogP contribution in [-0.2, 0) is 25.7 Å². The van der Waals surface area contributed by atoms with Crippen molar-refractivity contribution >= 4 is 29.7 Å². The Bertz CT molecular complexity index is 803. The lowest BCUT2D eigenvalue weighted by atomic mass is 9.85. The van der Waals surface area contributed by atoms with Gasteiger partial charge < -0.3 is 21.4 Å². The molecular formula is C22H31FN4O4. The molecule has 0 fully saturated rings. The summed E-state index contributed by atoms with van der Waals surface area (Å²) in [4.78, 5) is 49.0. The van der Waals surface area contributed by atoms with Crippen LogP contribution in [0.15, 0.2) is 24.3 Å². The Morgan fingerprint density at radius 2 is 1.68 bits per heavy atom. The summed E-state index contributed by atoms with van der Waals surface area (Å²) >= 11 is 0. The van der Waals surface area contributed by atoms with Gasteiger partial charge in [0, 0.05) is 19.4 Å². The Kier molecular flexibility index (Phi) is 9.98. The number of carbonyl (C=O) groups excluding carboxylic acids is 4. The number of nitrogens with one attached hydrogen (secondary N) is 4. The molecule has 31 heavy (non-hydrogen) atoms. The molecule has 4 N–H and O–H groups in total. The molecule has 0 saturated carbocycles. The minimum absolute atomic E-state index is 0.00616. The van der Waals surface area contributed by atoms with Crippen molar-refractivity contribution in [2.24, 2.45) is 5.41 Å². The van der Waals surface area contributed by atoms with Gasteiger partial charge in [-0.25, -0.2) is 4.39 Å². The molecule has 0 bridgehead atoms. The smallest absolute Gasteiger partial charge is 0.243 e. The predicted molar refractivity (Wildman–Crippen MR) is 115 cm³/mol. The summed E-state index contributed by atoms with van der Waals surface area (Å²) in [7, 11) is 0. The van der Waals surface area contributed by atoms with E-state index in [9.17, 15) is 23.6 Å². The van der Waals surface area contributed by atoms with Crippen LogP contribution < -0.4 is 16.0 Å². The van der Waals surface area contributed by atoms with Crippen molar-refractivity contribution < 1.29 is 23.6 Å². The standard InChI is InChI=1S/C22H31FN4O4/c1-5-18(29)27-19(22(2,3)4)21(31)26-17(11-10-16(28)12-24)20(30)25-13-14-6-8-15(23)9-7-14/h6-9,12,17,19,24H,5,10-11,13H2,1-4H3,(H,25,30)(H,26,31)(H,27,29)/t17-,19+/m0/s1. The lowest BCUT2D eigenvalue weighted by Gasteiger charge is -2.31. The number of amides is 3. The molecular weight excluding hydrogens is 403 g/mol. The number of benzene rings is 1. The van der Waals surface area contributed by atoms with Crippen LogP contribution in [0.1, 0.15) is 52.5 Å². The summed E-state index contributed by atoms with van der Waals surface area (Å²) in [5.74, 6) is -2.24. The first kappa shape index (κ1) is 25.9. The van der Waals surface area contributed by atoms with Crippen LogP contribution in [0.2, 0.25) is 0 Å². The lowest BCUT2D eigenvalue weighted by Crippen LogP contribution is -2.57. The minimum Gasteiger partial charge on any atom is -0.350 e. The second kappa shape index (κ2) is 11.9. The highest BCUT2D eigenvalue weighted by Crippen LogP contribution is 2.20. The Labute approximate surface area is 181 Å². The van der Waals surface area contributed by atoms with E-state index < -0.39 is 40.9 Å². The fraction of sp³-hybridized carbons (Fsp3) is 0.500. The molecule has 0 spiro atoms. The molecule has 170 valence electrons. The van der Waals surface area contributed by atoms with Gasteiger partial charge in [-0.15, -0.1) is 0 Å². The van der Waals surface area contributed by atoms with Crippen molar-refractivity contribution in [1.82, 2.24) is 16.0 Å². The van der Waals surface area contributed by atoms with Crippen LogP contribution in [0.25, 0.3) is 0 Å². The largest absolute Gasteiger partial charge is 0.350 e. The number of carbonyl (C=O) groups is 4. The van der Waals surface area contributed by atoms with Crippen molar-refractivity contribution in [3.05, 3.63) is 35.6 Å². The molecule has 1 rings (SSSR count). The molecule has 3 amide bonds. The second-order valence-corrected chi connectivity index (χ2v) is 8.27. The van der Waals surface area contributed by atoms with E-state index in [1.165, 1.54) is 24.3 Å². The van der Waals surface area contributed by atoms with Crippen LogP contribution in [0.5, 0.6) is 0 Å². The van der Waals surface area contributed by atoms with Gasteiger partial charge in [-0.2, -0.15) is 0 Å². The van der Waals surface area contributed by atoms with Gasteiger partial charge in [-0.05, 0) is 29.5 Å². The van der Waals surface area contributed by atoms with Gasteiger partial charge in [-0.1, -0.05) is 39.8 Å². The third-order valence-electron chi connectivity index (χ3n) is 4.61. The van der Waals surface area contributed by atoms with Gasteiger partial charge in [-0.3, -0.25) is 19.2 Å². The second-order valence-electron chi connectivity index (χ2n) is 8.27. The zero-order valence-electron chi connectivity index (χ0n) is 18.4. The van der Waals surface area contributed by atoms with Crippen molar-refractivity contribution in [2.75, 3.05) is 0 Å². The fourth-order valence-electron chi connectivity index (χ4n) is 2.74. The van der Waals surface area contributed by atoms with Crippen molar-refractivity contribution in [1.29, 1.82) is 5.41 Å². The fourth-order valence-corrected chi connectivity index (χ4v) is 2.74. The highest BCUT2D eigenvalue weighted by molar-refractivity contribution is 6.26. The molecule has 2 atom stereocenters. The number of rotatable bonds is 11. The van der Waals surface area contributed by atoms with E-state index in [1.54, 1.807) is 27.7 Å². The Morgan fingerprint density at radius 1 is 1.06 bits per heavy atom. The van der Waals surface area contributed by atoms with E-state index in [4.69, 9.17) is 5.41 Å². The summed E-state index contributed by atoms with van der Waals surface area (Å²) in [6, 6.07) is 3.67. The molecule has 0 unspecified atom stereocenters. The normalized spacial score (nSPS) is 12.9. The third-order valence-corrected chi connectivity index (χ3v) is 4.61. The molecule has 0 saturated heterocycles. The first-order valence-electron chi connectivity index (χ1n) is 10.1. The molecule has 0 aromatic heterocycles. The predicted octanol–water partition coefficient (Wildman–Crippen LogP) is 1.87. The molecule has 8 nitrogen and oxygen atoms in total. The monoisotopic (exact) mass is 434 g/mol. The lowest BCUT2D eigenvalue weighted by molar-refractivity contribution is -0.134. The summed E-state index contributed by atoms with van der Waals surface area (Å²) < 4.78 is 13.0. The van der Waals surface area contributed by atoms with Gasteiger partial charge in [0.2, 0.25) is 17.7 Å². The van der Waals surface area contributed by atoms with Gasteiger partial charge >= 0.3 is 0 Å². The van der Waals surface area contributed by atoms with Gasteiger partial charge in [0.15, 0.2) is 5.78 Å². The molecule has 1 aromatic carbocycles. The van der Waals surface area contributed by atoms with Crippen molar-refractivity contribution in [2.45, 2.75) is 65.6 Å². The van der Waals surface area contributed by atoms with Crippen molar-refractivity contribution in [3.63, 3.8) is 0 Å². The van der Waals surface area contributed by atoms with Crippen molar-refractivity contribution in [3.8, 4) is 0 Å². The maximum atomic E-state index is 13.0. The molecule has 0 aliphatic rings. The minimum atomic E-state index is -1.04. The van der Waals surface area contributed by atoms with Gasteiger partial charge in [0.1, 0.15) is 17.9 Å².